The van der Waals surface area contributed by atoms with Crippen molar-refractivity contribution in [3.63, 3.8) is 0 Å². The number of carbonyl (C=O) groups excluding carboxylic acids is 1. The molecule has 4 nitrogen and oxygen atoms in total. The van der Waals surface area contributed by atoms with E-state index in [-0.39, 0.29) is 5.91 Å². The van der Waals surface area contributed by atoms with Crippen molar-refractivity contribution in [3.8, 4) is 5.75 Å². The maximum atomic E-state index is 11.2. The third-order valence-electron chi connectivity index (χ3n) is 3.09. The fraction of sp³-hybridized carbons (Fsp3) is 0.400. The van der Waals surface area contributed by atoms with E-state index in [0.29, 0.717) is 19.6 Å². The van der Waals surface area contributed by atoms with E-state index < -0.39 is 0 Å². The van der Waals surface area contributed by atoms with Crippen LogP contribution in [0.15, 0.2) is 24.4 Å². The largest absolute Gasteiger partial charge is 0.494 e. The molecule has 2 N–H and O–H groups in total. The number of ether oxygens (including phenoxy) is 1. The Labute approximate surface area is 113 Å². The normalized spacial score (nSPS) is 10.6. The maximum absolute atomic E-state index is 11.2. The number of benzene rings is 1. The van der Waals surface area contributed by atoms with Gasteiger partial charge in [-0.15, -0.1) is 0 Å². The molecule has 0 aliphatic heterocycles. The van der Waals surface area contributed by atoms with Crippen molar-refractivity contribution < 1.29 is 9.53 Å². The molecule has 0 atom stereocenters. The van der Waals surface area contributed by atoms with E-state index in [2.05, 4.69) is 10.3 Å². The lowest BCUT2D eigenvalue weighted by Crippen LogP contribution is -2.24. The van der Waals surface area contributed by atoms with Crippen molar-refractivity contribution in [3.05, 3.63) is 30.0 Å². The van der Waals surface area contributed by atoms with Gasteiger partial charge in [-0.25, -0.2) is 0 Å². The predicted molar refractivity (Wildman–Crippen MR) is 76.5 cm³/mol. The topological polar surface area (TPSA) is 54.1 Å². The molecule has 102 valence electrons. The van der Waals surface area contributed by atoms with Gasteiger partial charge in [-0.2, -0.15) is 0 Å². The van der Waals surface area contributed by atoms with Gasteiger partial charge in [-0.1, -0.05) is 6.92 Å². The number of rotatable bonds is 6. The van der Waals surface area contributed by atoms with Crippen LogP contribution in [0.4, 0.5) is 0 Å². The zero-order valence-electron chi connectivity index (χ0n) is 11.5. The number of amides is 1. The second-order valence-corrected chi connectivity index (χ2v) is 4.41. The van der Waals surface area contributed by atoms with E-state index in [1.807, 2.05) is 38.2 Å². The number of aromatic amines is 1. The molecular formula is C15H20N2O2. The highest BCUT2D eigenvalue weighted by molar-refractivity contribution is 5.84. The van der Waals surface area contributed by atoms with Crippen LogP contribution in [-0.4, -0.2) is 24.0 Å². The number of hydrogen-bond acceptors (Lipinski definition) is 2. The SMILES string of the molecule is CCOc1ccc2[nH]cc(CCNC(=O)CC)c2c1. The lowest BCUT2D eigenvalue weighted by atomic mass is 10.1. The van der Waals surface area contributed by atoms with Crippen LogP contribution in [0.2, 0.25) is 0 Å². The Morgan fingerprint density at radius 3 is 2.95 bits per heavy atom. The molecule has 0 fully saturated rings. The molecule has 1 aromatic heterocycles. The van der Waals surface area contributed by atoms with Gasteiger partial charge in [0, 0.05) is 30.1 Å². The molecule has 0 aliphatic carbocycles. The monoisotopic (exact) mass is 260 g/mol. The van der Waals surface area contributed by atoms with Gasteiger partial charge in [-0.05, 0) is 37.1 Å². The average Bonchev–Trinajstić information content (AvgIpc) is 2.82. The summed E-state index contributed by atoms with van der Waals surface area (Å²) in [5, 5.41) is 4.05. The summed E-state index contributed by atoms with van der Waals surface area (Å²) in [5.41, 5.74) is 2.30. The third kappa shape index (κ3) is 3.28. The van der Waals surface area contributed by atoms with Gasteiger partial charge in [0.2, 0.25) is 5.91 Å². The van der Waals surface area contributed by atoms with Crippen LogP contribution in [-0.2, 0) is 11.2 Å². The summed E-state index contributed by atoms with van der Waals surface area (Å²) in [6.07, 6.45) is 3.35. The quantitative estimate of drug-likeness (QED) is 0.839. The lowest BCUT2D eigenvalue weighted by molar-refractivity contribution is -0.120. The Morgan fingerprint density at radius 1 is 1.37 bits per heavy atom. The molecule has 1 heterocycles. The Balaban J connectivity index is 2.09. The smallest absolute Gasteiger partial charge is 0.219 e. The van der Waals surface area contributed by atoms with E-state index >= 15 is 0 Å². The summed E-state index contributed by atoms with van der Waals surface area (Å²) in [4.78, 5) is 14.4. The molecule has 1 aromatic carbocycles. The Bertz CT molecular complexity index is 560. The molecule has 19 heavy (non-hydrogen) atoms. The first-order valence-corrected chi connectivity index (χ1v) is 6.74. The van der Waals surface area contributed by atoms with Gasteiger partial charge in [0.25, 0.3) is 0 Å². The minimum atomic E-state index is 0.0925. The summed E-state index contributed by atoms with van der Waals surface area (Å²) in [6, 6.07) is 6.03. The van der Waals surface area contributed by atoms with Crippen molar-refractivity contribution in [1.29, 1.82) is 0 Å². The molecule has 0 radical (unpaired) electrons. The summed E-state index contributed by atoms with van der Waals surface area (Å²) in [7, 11) is 0. The zero-order chi connectivity index (χ0) is 13.7. The van der Waals surface area contributed by atoms with Gasteiger partial charge in [0.1, 0.15) is 5.75 Å². The Morgan fingerprint density at radius 2 is 2.21 bits per heavy atom. The van der Waals surface area contributed by atoms with E-state index in [1.54, 1.807) is 0 Å². The van der Waals surface area contributed by atoms with Gasteiger partial charge in [0.05, 0.1) is 6.61 Å². The number of nitrogens with one attached hydrogen (secondary N) is 2. The van der Waals surface area contributed by atoms with Gasteiger partial charge in [0.15, 0.2) is 0 Å². The summed E-state index contributed by atoms with van der Waals surface area (Å²) in [5.74, 6) is 0.975. The van der Waals surface area contributed by atoms with E-state index in [1.165, 1.54) is 5.56 Å². The Hall–Kier alpha value is -1.97. The molecule has 2 aromatic rings. The fourth-order valence-corrected chi connectivity index (χ4v) is 2.08. The molecule has 0 saturated carbocycles. The van der Waals surface area contributed by atoms with E-state index in [4.69, 9.17) is 4.74 Å². The standard InChI is InChI=1S/C15H20N2O2/c1-3-15(18)16-8-7-11-10-17-14-6-5-12(19-4-2)9-13(11)14/h5-6,9-10,17H,3-4,7-8H2,1-2H3,(H,16,18). The van der Waals surface area contributed by atoms with Crippen LogP contribution in [0.1, 0.15) is 25.8 Å². The molecule has 1 amide bonds. The summed E-state index contributed by atoms with van der Waals surface area (Å²) in [6.45, 7) is 5.16. The molecule has 0 spiro atoms. The van der Waals surface area contributed by atoms with Gasteiger partial charge >= 0.3 is 0 Å². The molecule has 0 unspecified atom stereocenters. The number of H-pyrrole nitrogens is 1. The third-order valence-corrected chi connectivity index (χ3v) is 3.09. The van der Waals surface area contributed by atoms with Crippen LogP contribution in [0.3, 0.4) is 0 Å². The van der Waals surface area contributed by atoms with Gasteiger partial charge in [-0.3, -0.25) is 4.79 Å². The highest BCUT2D eigenvalue weighted by Crippen LogP contribution is 2.24. The van der Waals surface area contributed by atoms with Crippen molar-refractivity contribution in [1.82, 2.24) is 10.3 Å². The maximum Gasteiger partial charge on any atom is 0.219 e. The number of aromatic nitrogens is 1. The van der Waals surface area contributed by atoms with Crippen LogP contribution in [0.25, 0.3) is 10.9 Å². The highest BCUT2D eigenvalue weighted by Gasteiger charge is 2.05. The van der Waals surface area contributed by atoms with Crippen LogP contribution < -0.4 is 10.1 Å². The summed E-state index contributed by atoms with van der Waals surface area (Å²) < 4.78 is 5.51. The predicted octanol–water partition coefficient (Wildman–Crippen LogP) is 2.64. The van der Waals surface area contributed by atoms with Crippen molar-refractivity contribution in [2.45, 2.75) is 26.7 Å². The van der Waals surface area contributed by atoms with Gasteiger partial charge < -0.3 is 15.0 Å². The molecule has 2 rings (SSSR count). The van der Waals surface area contributed by atoms with Crippen LogP contribution in [0.5, 0.6) is 5.75 Å². The highest BCUT2D eigenvalue weighted by atomic mass is 16.5. The summed E-state index contributed by atoms with van der Waals surface area (Å²) >= 11 is 0. The zero-order valence-corrected chi connectivity index (χ0v) is 11.5. The Kier molecular flexibility index (Phi) is 4.44. The van der Waals surface area contributed by atoms with Crippen molar-refractivity contribution >= 4 is 16.8 Å². The fourth-order valence-electron chi connectivity index (χ4n) is 2.08. The second-order valence-electron chi connectivity index (χ2n) is 4.41. The van der Waals surface area contributed by atoms with E-state index in [9.17, 15) is 4.79 Å². The molecule has 0 bridgehead atoms. The number of hydrogen-bond donors (Lipinski definition) is 2. The minimum Gasteiger partial charge on any atom is -0.494 e. The molecule has 0 aliphatic rings. The lowest BCUT2D eigenvalue weighted by Gasteiger charge is -2.05. The average molecular weight is 260 g/mol. The molecule has 0 saturated heterocycles. The first kappa shape index (κ1) is 13.5. The number of carbonyl (C=O) groups is 1. The second kappa shape index (κ2) is 6.27. The number of fused-ring (bicyclic) bond motifs is 1. The minimum absolute atomic E-state index is 0.0925. The van der Waals surface area contributed by atoms with Crippen molar-refractivity contribution in [2.75, 3.05) is 13.2 Å². The van der Waals surface area contributed by atoms with Crippen molar-refractivity contribution in [2.24, 2.45) is 0 Å². The van der Waals surface area contributed by atoms with Crippen LogP contribution >= 0.6 is 0 Å². The first-order valence-electron chi connectivity index (χ1n) is 6.74. The van der Waals surface area contributed by atoms with E-state index in [0.717, 1.165) is 23.1 Å². The van der Waals surface area contributed by atoms with Crippen LogP contribution in [0, 0.1) is 0 Å². The first-order chi connectivity index (χ1) is 9.24. The molecular weight excluding hydrogens is 240 g/mol. The molecule has 4 heteroatoms.